The van der Waals surface area contributed by atoms with Gasteiger partial charge in [-0.25, -0.2) is 9.97 Å². The van der Waals surface area contributed by atoms with Gasteiger partial charge in [0.25, 0.3) is 0 Å². The van der Waals surface area contributed by atoms with Crippen molar-refractivity contribution in [3.63, 3.8) is 0 Å². The standard InChI is InChI=1S/C16H20N4/c1-11-9-12(2)19-16(18-11)20-10-13(7-8-17)14-5-3-4-6-15(14)20/h3-6,9,13H,7-8,10,17H2,1-2H3. The first-order valence-electron chi connectivity index (χ1n) is 7.08. The summed E-state index contributed by atoms with van der Waals surface area (Å²) in [6, 6.07) is 10.5. The van der Waals surface area contributed by atoms with E-state index in [0.29, 0.717) is 12.5 Å². The van der Waals surface area contributed by atoms with Crippen LogP contribution in [-0.2, 0) is 0 Å². The number of hydrogen-bond acceptors (Lipinski definition) is 4. The molecule has 1 aromatic heterocycles. The molecule has 1 aliphatic heterocycles. The lowest BCUT2D eigenvalue weighted by molar-refractivity contribution is 0.664. The van der Waals surface area contributed by atoms with Crippen LogP contribution < -0.4 is 10.6 Å². The Morgan fingerprint density at radius 3 is 2.60 bits per heavy atom. The number of nitrogens with zero attached hydrogens (tertiary/aromatic N) is 3. The summed E-state index contributed by atoms with van der Waals surface area (Å²) < 4.78 is 0. The quantitative estimate of drug-likeness (QED) is 0.930. The molecule has 0 saturated heterocycles. The van der Waals surface area contributed by atoms with Crippen LogP contribution in [0.3, 0.4) is 0 Å². The van der Waals surface area contributed by atoms with Gasteiger partial charge >= 0.3 is 0 Å². The van der Waals surface area contributed by atoms with Crippen molar-refractivity contribution in [2.45, 2.75) is 26.2 Å². The average molecular weight is 268 g/mol. The SMILES string of the molecule is Cc1cc(C)nc(N2CC(CCN)c3ccccc32)n1. The van der Waals surface area contributed by atoms with Gasteiger partial charge in [-0.1, -0.05) is 18.2 Å². The largest absolute Gasteiger partial charge is 0.330 e. The molecule has 0 aliphatic carbocycles. The molecule has 3 rings (SSSR count). The first-order chi connectivity index (χ1) is 9.69. The molecule has 0 fully saturated rings. The van der Waals surface area contributed by atoms with E-state index in [4.69, 9.17) is 5.73 Å². The summed E-state index contributed by atoms with van der Waals surface area (Å²) in [6.45, 7) is 5.65. The van der Waals surface area contributed by atoms with Crippen molar-refractivity contribution >= 4 is 11.6 Å². The molecule has 2 heterocycles. The normalized spacial score (nSPS) is 17.4. The van der Waals surface area contributed by atoms with E-state index in [1.807, 2.05) is 19.9 Å². The minimum absolute atomic E-state index is 0.473. The number of anilines is 2. The lowest BCUT2D eigenvalue weighted by Crippen LogP contribution is -2.20. The number of aryl methyl sites for hydroxylation is 2. The van der Waals surface area contributed by atoms with E-state index in [0.717, 1.165) is 30.3 Å². The van der Waals surface area contributed by atoms with E-state index in [2.05, 4.69) is 39.1 Å². The van der Waals surface area contributed by atoms with Crippen LogP contribution in [0.5, 0.6) is 0 Å². The van der Waals surface area contributed by atoms with Crippen molar-refractivity contribution in [3.8, 4) is 0 Å². The fourth-order valence-electron chi connectivity index (χ4n) is 2.96. The Hall–Kier alpha value is -1.94. The van der Waals surface area contributed by atoms with Gasteiger partial charge in [0.1, 0.15) is 0 Å². The van der Waals surface area contributed by atoms with E-state index in [-0.39, 0.29) is 0 Å². The third-order valence-electron chi connectivity index (χ3n) is 3.80. The Morgan fingerprint density at radius 1 is 1.20 bits per heavy atom. The smallest absolute Gasteiger partial charge is 0.230 e. The second-order valence-corrected chi connectivity index (χ2v) is 5.39. The molecule has 4 heteroatoms. The van der Waals surface area contributed by atoms with Gasteiger partial charge in [-0.15, -0.1) is 0 Å². The van der Waals surface area contributed by atoms with Crippen molar-refractivity contribution in [3.05, 3.63) is 47.3 Å². The number of aromatic nitrogens is 2. The number of rotatable bonds is 3. The molecule has 4 nitrogen and oxygen atoms in total. The van der Waals surface area contributed by atoms with Gasteiger partial charge in [0.05, 0.1) is 0 Å². The monoisotopic (exact) mass is 268 g/mol. The van der Waals surface area contributed by atoms with Gasteiger partial charge in [-0.05, 0) is 44.5 Å². The van der Waals surface area contributed by atoms with E-state index in [9.17, 15) is 0 Å². The highest BCUT2D eigenvalue weighted by Gasteiger charge is 2.30. The predicted molar refractivity (Wildman–Crippen MR) is 81.4 cm³/mol. The third-order valence-corrected chi connectivity index (χ3v) is 3.80. The fraction of sp³-hybridized carbons (Fsp3) is 0.375. The molecule has 0 spiro atoms. The highest BCUT2D eigenvalue weighted by molar-refractivity contribution is 5.67. The summed E-state index contributed by atoms with van der Waals surface area (Å²) in [4.78, 5) is 11.4. The maximum absolute atomic E-state index is 5.75. The highest BCUT2D eigenvalue weighted by atomic mass is 15.3. The minimum Gasteiger partial charge on any atom is -0.330 e. The minimum atomic E-state index is 0.473. The maximum atomic E-state index is 5.75. The zero-order valence-electron chi connectivity index (χ0n) is 12.0. The van der Waals surface area contributed by atoms with Gasteiger partial charge in [-0.2, -0.15) is 0 Å². The van der Waals surface area contributed by atoms with E-state index in [1.54, 1.807) is 0 Å². The van der Waals surface area contributed by atoms with Crippen LogP contribution in [0.1, 0.15) is 29.3 Å². The Bertz CT molecular complexity index is 603. The zero-order chi connectivity index (χ0) is 14.1. The second kappa shape index (κ2) is 5.21. The summed E-state index contributed by atoms with van der Waals surface area (Å²) in [5.41, 5.74) is 10.3. The lowest BCUT2D eigenvalue weighted by Gasteiger charge is -2.18. The number of nitrogens with two attached hydrogens (primary N) is 1. The summed E-state index contributed by atoms with van der Waals surface area (Å²) >= 11 is 0. The van der Waals surface area contributed by atoms with Crippen molar-refractivity contribution in [1.29, 1.82) is 0 Å². The molecule has 1 aromatic carbocycles. The number of fused-ring (bicyclic) bond motifs is 1. The van der Waals surface area contributed by atoms with Gasteiger partial charge in [0, 0.05) is 29.5 Å². The molecule has 2 aromatic rings. The number of hydrogen-bond donors (Lipinski definition) is 1. The summed E-state index contributed by atoms with van der Waals surface area (Å²) in [5.74, 6) is 1.27. The molecule has 0 radical (unpaired) electrons. The molecule has 1 unspecified atom stereocenters. The van der Waals surface area contributed by atoms with Crippen LogP contribution in [0.4, 0.5) is 11.6 Å². The Labute approximate surface area is 119 Å². The van der Waals surface area contributed by atoms with E-state index in [1.165, 1.54) is 11.3 Å². The van der Waals surface area contributed by atoms with Crippen LogP contribution in [-0.4, -0.2) is 23.1 Å². The van der Waals surface area contributed by atoms with Gasteiger partial charge in [0.15, 0.2) is 0 Å². The van der Waals surface area contributed by atoms with Gasteiger partial charge in [-0.3, -0.25) is 0 Å². The Kier molecular flexibility index (Phi) is 3.40. The molecule has 2 N–H and O–H groups in total. The van der Waals surface area contributed by atoms with Crippen molar-refractivity contribution in [2.75, 3.05) is 18.0 Å². The van der Waals surface area contributed by atoms with E-state index < -0.39 is 0 Å². The van der Waals surface area contributed by atoms with Crippen LogP contribution in [0.2, 0.25) is 0 Å². The van der Waals surface area contributed by atoms with Crippen LogP contribution in [0.25, 0.3) is 0 Å². The maximum Gasteiger partial charge on any atom is 0.230 e. The Balaban J connectivity index is 2.03. The number of para-hydroxylation sites is 1. The fourth-order valence-corrected chi connectivity index (χ4v) is 2.96. The van der Waals surface area contributed by atoms with Gasteiger partial charge in [0.2, 0.25) is 5.95 Å². The summed E-state index contributed by atoms with van der Waals surface area (Å²) in [7, 11) is 0. The van der Waals surface area contributed by atoms with E-state index >= 15 is 0 Å². The van der Waals surface area contributed by atoms with Crippen molar-refractivity contribution < 1.29 is 0 Å². The highest BCUT2D eigenvalue weighted by Crippen LogP contribution is 2.40. The van der Waals surface area contributed by atoms with Crippen molar-refractivity contribution in [2.24, 2.45) is 5.73 Å². The molecule has 1 aliphatic rings. The second-order valence-electron chi connectivity index (χ2n) is 5.39. The first kappa shape index (κ1) is 13.1. The molecular formula is C16H20N4. The molecule has 1 atom stereocenters. The summed E-state index contributed by atoms with van der Waals surface area (Å²) in [6.07, 6.45) is 0.998. The predicted octanol–water partition coefficient (Wildman–Crippen LogP) is 2.68. The molecule has 0 bridgehead atoms. The van der Waals surface area contributed by atoms with Gasteiger partial charge < -0.3 is 10.6 Å². The molecule has 0 saturated carbocycles. The molecular weight excluding hydrogens is 248 g/mol. The molecule has 0 amide bonds. The van der Waals surface area contributed by atoms with Crippen molar-refractivity contribution in [1.82, 2.24) is 9.97 Å². The van der Waals surface area contributed by atoms with Crippen LogP contribution in [0, 0.1) is 13.8 Å². The topological polar surface area (TPSA) is 55.0 Å². The number of benzene rings is 1. The Morgan fingerprint density at radius 2 is 1.90 bits per heavy atom. The average Bonchev–Trinajstić information content (AvgIpc) is 2.78. The van der Waals surface area contributed by atoms with Crippen LogP contribution >= 0.6 is 0 Å². The third kappa shape index (κ3) is 2.27. The molecule has 104 valence electrons. The lowest BCUT2D eigenvalue weighted by atomic mass is 9.98. The summed E-state index contributed by atoms with van der Waals surface area (Å²) in [5, 5.41) is 0. The molecule has 20 heavy (non-hydrogen) atoms. The zero-order valence-corrected chi connectivity index (χ0v) is 12.0. The first-order valence-corrected chi connectivity index (χ1v) is 7.08. The van der Waals surface area contributed by atoms with Crippen LogP contribution in [0.15, 0.2) is 30.3 Å².